The van der Waals surface area contributed by atoms with Crippen molar-refractivity contribution in [2.45, 2.75) is 77.7 Å². The van der Waals surface area contributed by atoms with E-state index in [9.17, 15) is 14.7 Å². The molecule has 0 aromatic heterocycles. The third kappa shape index (κ3) is 12.4. The van der Waals surface area contributed by atoms with Crippen molar-refractivity contribution in [2.75, 3.05) is 31.6 Å². The van der Waals surface area contributed by atoms with Crippen molar-refractivity contribution < 1.29 is 29.0 Å². The Morgan fingerprint density at radius 1 is 0.719 bits per heavy atom. The van der Waals surface area contributed by atoms with E-state index < -0.39 is 11.7 Å². The number of azo groups is 1. The van der Waals surface area contributed by atoms with Crippen LogP contribution < -0.4 is 25.6 Å². The molecule has 5 rings (SSSR count). The molecule has 0 aliphatic heterocycles. The molecule has 5 aromatic carbocycles. The Bertz CT molecular complexity index is 2130. The molecule has 0 spiro atoms. The fraction of sp³-hybridized carbons (Fsp3) is 0.333. The third-order valence-electron chi connectivity index (χ3n) is 9.52. The second-order valence-electron chi connectivity index (χ2n) is 13.8. The molecule has 0 aliphatic rings. The largest absolute Gasteiger partial charge is 0.505 e. The first-order valence-electron chi connectivity index (χ1n) is 19.6. The van der Waals surface area contributed by atoms with Gasteiger partial charge in [0.25, 0.3) is 11.8 Å². The molecule has 0 saturated carbocycles. The first kappa shape index (κ1) is 42.5. The van der Waals surface area contributed by atoms with Gasteiger partial charge in [-0.15, -0.1) is 10.2 Å². The van der Waals surface area contributed by atoms with Gasteiger partial charge in [-0.25, -0.2) is 0 Å². The van der Waals surface area contributed by atoms with Crippen molar-refractivity contribution >= 4 is 56.9 Å². The summed E-state index contributed by atoms with van der Waals surface area (Å²) in [7, 11) is 3.02. The third-order valence-corrected chi connectivity index (χ3v) is 9.82. The second kappa shape index (κ2) is 22.2. The van der Waals surface area contributed by atoms with Gasteiger partial charge in [-0.1, -0.05) is 107 Å². The number of phenols is 1. The Hall–Kier alpha value is -5.65. The summed E-state index contributed by atoms with van der Waals surface area (Å²) in [6.07, 6.45) is 12.1. The van der Waals surface area contributed by atoms with Crippen LogP contribution in [-0.4, -0.2) is 37.7 Å². The number of carbonyl (C=O) groups excluding carboxylic acids is 2. The van der Waals surface area contributed by atoms with Crippen LogP contribution in [0.15, 0.2) is 101 Å². The summed E-state index contributed by atoms with van der Waals surface area (Å²) in [5.74, 6) is -0.358. The zero-order valence-corrected chi connectivity index (χ0v) is 33.7. The van der Waals surface area contributed by atoms with E-state index in [2.05, 4.69) is 33.3 Å². The van der Waals surface area contributed by atoms with Crippen LogP contribution in [0.1, 0.15) is 97.4 Å². The molecular formula is C45H52ClN5O6. The number of amides is 2. The van der Waals surface area contributed by atoms with Gasteiger partial charge in [0.15, 0.2) is 5.75 Å². The molecule has 12 heteroatoms. The van der Waals surface area contributed by atoms with Crippen molar-refractivity contribution in [1.82, 2.24) is 5.32 Å². The highest BCUT2D eigenvalue weighted by atomic mass is 35.5. The van der Waals surface area contributed by atoms with Crippen LogP contribution in [0.25, 0.3) is 10.8 Å². The van der Waals surface area contributed by atoms with Crippen molar-refractivity contribution in [3.05, 3.63) is 113 Å². The lowest BCUT2D eigenvalue weighted by atomic mass is 10.00. The molecule has 0 bridgehead atoms. The average Bonchev–Trinajstić information content (AvgIpc) is 3.22. The second-order valence-corrected chi connectivity index (χ2v) is 14.2. The maximum atomic E-state index is 13.7. The van der Waals surface area contributed by atoms with E-state index in [0.717, 1.165) is 30.5 Å². The van der Waals surface area contributed by atoms with Crippen LogP contribution in [0.3, 0.4) is 0 Å². The highest BCUT2D eigenvalue weighted by Crippen LogP contribution is 2.41. The molecule has 0 unspecified atom stereocenters. The number of benzene rings is 5. The number of carbonyl (C=O) groups is 2. The molecule has 11 nitrogen and oxygen atoms in total. The van der Waals surface area contributed by atoms with Crippen LogP contribution in [0.2, 0.25) is 5.02 Å². The molecule has 0 fully saturated rings. The lowest BCUT2D eigenvalue weighted by molar-refractivity contribution is 0.0952. The number of aromatic hydroxyl groups is 1. The molecule has 57 heavy (non-hydrogen) atoms. The highest BCUT2D eigenvalue weighted by Gasteiger charge is 2.21. The molecule has 5 aromatic rings. The molecule has 0 saturated heterocycles. The number of para-hydroxylation sites is 1. The minimum atomic E-state index is -0.620. The zero-order chi connectivity index (χ0) is 40.4. The van der Waals surface area contributed by atoms with Gasteiger partial charge in [0.05, 0.1) is 37.1 Å². The Morgan fingerprint density at radius 2 is 1.42 bits per heavy atom. The minimum Gasteiger partial charge on any atom is -0.505 e. The van der Waals surface area contributed by atoms with E-state index in [-0.39, 0.29) is 23.8 Å². The summed E-state index contributed by atoms with van der Waals surface area (Å²) in [4.78, 5) is 32.7. The first-order valence-corrected chi connectivity index (χ1v) is 19.9. The number of phenolic OH excluding ortho intramolecular Hbond substituents is 1. The first-order chi connectivity index (χ1) is 27.8. The highest BCUT2D eigenvalue weighted by molar-refractivity contribution is 6.32. The molecule has 0 atom stereocenters. The van der Waals surface area contributed by atoms with E-state index in [1.54, 1.807) is 48.5 Å². The predicted octanol–water partition coefficient (Wildman–Crippen LogP) is 12.1. The summed E-state index contributed by atoms with van der Waals surface area (Å²) in [5, 5.41) is 27.7. The Kier molecular flexibility index (Phi) is 16.5. The normalized spacial score (nSPS) is 11.2. The van der Waals surface area contributed by atoms with Gasteiger partial charge < -0.3 is 25.2 Å². The van der Waals surface area contributed by atoms with Crippen molar-refractivity contribution in [1.29, 1.82) is 0 Å². The molecular weight excluding hydrogens is 742 g/mol. The van der Waals surface area contributed by atoms with E-state index >= 15 is 0 Å². The van der Waals surface area contributed by atoms with E-state index in [4.69, 9.17) is 25.9 Å². The van der Waals surface area contributed by atoms with Gasteiger partial charge in [0, 0.05) is 23.2 Å². The average molecular weight is 794 g/mol. The smallest absolute Gasteiger partial charge is 0.259 e. The molecule has 0 heterocycles. The molecule has 300 valence electrons. The SMILES string of the molecule is CCCCCCCCCCCCNC(=O)c1ccc2c(N=Nc3cc(CONc4ccccc4)ccc3OC)c(O)c(C(=O)Nc3ccc(OC)c(Cl)c3)cc2c1. The molecule has 4 N–H and O–H groups in total. The summed E-state index contributed by atoms with van der Waals surface area (Å²) < 4.78 is 10.8. The van der Waals surface area contributed by atoms with Gasteiger partial charge in [0.1, 0.15) is 22.9 Å². The number of nitrogens with one attached hydrogen (secondary N) is 3. The van der Waals surface area contributed by atoms with E-state index in [0.29, 0.717) is 50.8 Å². The zero-order valence-electron chi connectivity index (χ0n) is 32.9. The summed E-state index contributed by atoms with van der Waals surface area (Å²) in [5.41, 5.74) is 5.63. The van der Waals surface area contributed by atoms with Crippen LogP contribution >= 0.6 is 11.6 Å². The number of halogens is 1. The maximum absolute atomic E-state index is 13.7. The number of unbranched alkanes of at least 4 members (excludes halogenated alkanes) is 9. The number of fused-ring (bicyclic) bond motifs is 1. The minimum absolute atomic E-state index is 0.0391. The number of ether oxygens (including phenoxy) is 2. The molecule has 2 amide bonds. The fourth-order valence-electron chi connectivity index (χ4n) is 6.37. The van der Waals surface area contributed by atoms with Gasteiger partial charge in [-0.3, -0.25) is 19.9 Å². The lowest BCUT2D eigenvalue weighted by Crippen LogP contribution is -2.24. The Labute approximate surface area is 339 Å². The summed E-state index contributed by atoms with van der Waals surface area (Å²) in [6.45, 7) is 3.01. The topological polar surface area (TPSA) is 143 Å². The van der Waals surface area contributed by atoms with Crippen LogP contribution in [-0.2, 0) is 11.4 Å². The predicted molar refractivity (Wildman–Crippen MR) is 228 cm³/mol. The summed E-state index contributed by atoms with van der Waals surface area (Å²) >= 11 is 6.31. The number of rotatable bonds is 22. The van der Waals surface area contributed by atoms with Crippen LogP contribution in [0.5, 0.6) is 17.2 Å². The molecule has 0 radical (unpaired) electrons. The molecule has 0 aliphatic carbocycles. The van der Waals surface area contributed by atoms with E-state index in [1.807, 2.05) is 36.4 Å². The summed E-state index contributed by atoms with van der Waals surface area (Å²) in [6, 6.07) is 26.2. The number of nitrogens with zero attached hydrogens (tertiary/aromatic N) is 2. The van der Waals surface area contributed by atoms with Gasteiger partial charge in [0.2, 0.25) is 0 Å². The van der Waals surface area contributed by atoms with Crippen molar-refractivity contribution in [2.24, 2.45) is 10.2 Å². The maximum Gasteiger partial charge on any atom is 0.259 e. The number of methoxy groups -OCH3 is 2. The van der Waals surface area contributed by atoms with Gasteiger partial charge >= 0.3 is 0 Å². The van der Waals surface area contributed by atoms with Crippen LogP contribution in [0, 0.1) is 0 Å². The van der Waals surface area contributed by atoms with Crippen molar-refractivity contribution in [3.63, 3.8) is 0 Å². The lowest BCUT2D eigenvalue weighted by Gasteiger charge is -2.13. The Balaban J connectivity index is 1.36. The number of hydrogen-bond donors (Lipinski definition) is 4. The number of anilines is 2. The van der Waals surface area contributed by atoms with Gasteiger partial charge in [-0.05, 0) is 78.0 Å². The monoisotopic (exact) mass is 793 g/mol. The van der Waals surface area contributed by atoms with Crippen molar-refractivity contribution in [3.8, 4) is 17.2 Å². The quantitative estimate of drug-likeness (QED) is 0.0310. The van der Waals surface area contributed by atoms with Crippen LogP contribution in [0.4, 0.5) is 22.7 Å². The standard InChI is InChI=1S/C45H52ClN5O6/c1-4-5-6-7-8-9-10-11-12-16-25-47-44(53)32-20-22-36-33(27-32)28-37(45(54)48-35-21-24-40(55-2)38(46)29-35)43(52)42(36)50-49-39-26-31(19-23-41(39)56-3)30-57-51-34-17-14-13-15-18-34/h13-15,17-24,26-29,51-52H,4-12,16,25,30H2,1-3H3,(H,47,53)(H,48,54). The van der Waals surface area contributed by atoms with Gasteiger partial charge in [-0.2, -0.15) is 0 Å². The Morgan fingerprint density at radius 3 is 2.12 bits per heavy atom. The van der Waals surface area contributed by atoms with E-state index in [1.165, 1.54) is 65.2 Å². The number of hydrogen-bond acceptors (Lipinski definition) is 9. The fourth-order valence-corrected chi connectivity index (χ4v) is 6.63.